The quantitative estimate of drug-likeness (QED) is 0.572. The highest BCUT2D eigenvalue weighted by Crippen LogP contribution is 2.48. The van der Waals surface area contributed by atoms with E-state index in [1.54, 1.807) is 0 Å². The first kappa shape index (κ1) is 21.7. The van der Waals surface area contributed by atoms with E-state index in [-0.39, 0.29) is 17.3 Å². The topological polar surface area (TPSA) is 37.3 Å². The molecule has 0 radical (unpaired) electrons. The van der Waals surface area contributed by atoms with Gasteiger partial charge in [-0.05, 0) is 52.0 Å². The maximum absolute atomic E-state index is 13.6. The molecule has 1 saturated carbocycles. The van der Waals surface area contributed by atoms with Crippen LogP contribution in [-0.4, -0.2) is 10.9 Å². The summed E-state index contributed by atoms with van der Waals surface area (Å²) in [5.74, 6) is 0.880. The first-order chi connectivity index (χ1) is 16.0. The summed E-state index contributed by atoms with van der Waals surface area (Å²) in [5, 5.41) is 15.3. The molecule has 168 valence electrons. The van der Waals surface area contributed by atoms with Crippen molar-refractivity contribution in [3.63, 3.8) is 0 Å². The van der Waals surface area contributed by atoms with Crippen LogP contribution in [0.15, 0.2) is 72.8 Å². The number of carbonyl (C=O) groups excluding carboxylic acids is 1. The molecule has 3 aromatic carbocycles. The summed E-state index contributed by atoms with van der Waals surface area (Å²) in [6.07, 6.45) is 6.85. The fourth-order valence-electron chi connectivity index (χ4n) is 5.80. The highest BCUT2D eigenvalue weighted by Gasteiger charge is 2.46. The van der Waals surface area contributed by atoms with Gasteiger partial charge in [0.2, 0.25) is 0 Å². The maximum Gasteiger partial charge on any atom is 0.146 e. The van der Waals surface area contributed by atoms with E-state index in [4.69, 9.17) is 0 Å². The van der Waals surface area contributed by atoms with Gasteiger partial charge < -0.3 is 5.11 Å². The van der Waals surface area contributed by atoms with Crippen LogP contribution >= 0.6 is 0 Å². The number of ketones is 1. The number of rotatable bonds is 2. The monoisotopic (exact) mass is 436 g/mol. The number of aliphatic hydroxyl groups excluding tert-OH is 1. The van der Waals surface area contributed by atoms with Gasteiger partial charge in [-0.3, -0.25) is 4.79 Å². The van der Waals surface area contributed by atoms with E-state index >= 15 is 0 Å². The Balaban J connectivity index is 0.000000332. The molecule has 6 rings (SSSR count). The SMILES string of the molecule is CC1CC(O)=c2ccc3c(c2C1C(=O)C1(C)CCC1)CC=c1ccccc1=3.c1ccccc1. The summed E-state index contributed by atoms with van der Waals surface area (Å²) in [7, 11) is 0. The van der Waals surface area contributed by atoms with Crippen LogP contribution in [0.4, 0.5) is 0 Å². The van der Waals surface area contributed by atoms with E-state index in [0.717, 1.165) is 36.5 Å². The Labute approximate surface area is 195 Å². The van der Waals surface area contributed by atoms with Gasteiger partial charge in [0.25, 0.3) is 0 Å². The zero-order chi connectivity index (χ0) is 23.0. The van der Waals surface area contributed by atoms with Crippen LogP contribution in [0.2, 0.25) is 0 Å². The molecule has 2 nitrogen and oxygen atoms in total. The standard InChI is InChI=1S/C25H26O2.C6H6/c1-15-14-21(26)20-11-10-18-17-7-4-3-6-16(17)8-9-19(18)23(20)22(15)24(27)25(2)12-5-13-25;1-2-4-6-5-3-1/h3-4,6-8,10-11,15,22,26H,5,9,12-14H2,1-2H3;1-6H. The molecule has 3 aliphatic rings. The highest BCUT2D eigenvalue weighted by atomic mass is 16.3. The molecule has 0 saturated heterocycles. The zero-order valence-corrected chi connectivity index (χ0v) is 19.6. The highest BCUT2D eigenvalue weighted by molar-refractivity contribution is 5.92. The maximum atomic E-state index is 13.6. The van der Waals surface area contributed by atoms with Gasteiger partial charge in [-0.25, -0.2) is 0 Å². The molecule has 3 aromatic rings. The zero-order valence-electron chi connectivity index (χ0n) is 19.6. The van der Waals surface area contributed by atoms with Gasteiger partial charge in [-0.2, -0.15) is 0 Å². The molecule has 33 heavy (non-hydrogen) atoms. The van der Waals surface area contributed by atoms with Gasteiger partial charge in [-0.15, -0.1) is 0 Å². The third-order valence-corrected chi connectivity index (χ3v) is 7.84. The molecule has 2 unspecified atom stereocenters. The lowest BCUT2D eigenvalue weighted by Crippen LogP contribution is -2.43. The summed E-state index contributed by atoms with van der Waals surface area (Å²) in [5.41, 5.74) is 2.17. The molecule has 2 heteroatoms. The number of carbonyl (C=O) groups is 1. The Bertz CT molecular complexity index is 1370. The molecule has 1 fully saturated rings. The van der Waals surface area contributed by atoms with Crippen molar-refractivity contribution in [3.05, 3.63) is 105 Å². The number of benzene rings is 3. The lowest BCUT2D eigenvalue weighted by atomic mass is 9.60. The Morgan fingerprint density at radius 3 is 2.15 bits per heavy atom. The summed E-state index contributed by atoms with van der Waals surface area (Å²) in [4.78, 5) is 13.6. The number of aliphatic hydroxyl groups is 1. The largest absolute Gasteiger partial charge is 0.512 e. The average molecular weight is 437 g/mol. The van der Waals surface area contributed by atoms with Crippen LogP contribution in [0.3, 0.4) is 0 Å². The molecule has 0 heterocycles. The van der Waals surface area contributed by atoms with E-state index in [0.29, 0.717) is 18.0 Å². The summed E-state index contributed by atoms with van der Waals surface area (Å²) in [6, 6.07) is 24.6. The normalized spacial score (nSPS) is 21.7. The molecular formula is C31H32O2. The Kier molecular flexibility index (Phi) is 5.70. The van der Waals surface area contributed by atoms with Crippen molar-refractivity contribution >= 4 is 17.6 Å². The van der Waals surface area contributed by atoms with Crippen molar-refractivity contribution in [2.45, 2.75) is 51.9 Å². The average Bonchev–Trinajstić information content (AvgIpc) is 2.83. The fourth-order valence-corrected chi connectivity index (χ4v) is 5.80. The van der Waals surface area contributed by atoms with Crippen LogP contribution in [0.1, 0.15) is 56.6 Å². The van der Waals surface area contributed by atoms with Crippen molar-refractivity contribution in [2.75, 3.05) is 0 Å². The smallest absolute Gasteiger partial charge is 0.146 e. The molecule has 0 aliphatic heterocycles. The predicted molar refractivity (Wildman–Crippen MR) is 134 cm³/mol. The lowest BCUT2D eigenvalue weighted by Gasteiger charge is -2.42. The van der Waals surface area contributed by atoms with E-state index in [1.165, 1.54) is 21.2 Å². The van der Waals surface area contributed by atoms with E-state index < -0.39 is 0 Å². The summed E-state index contributed by atoms with van der Waals surface area (Å²) in [6.45, 7) is 4.27. The van der Waals surface area contributed by atoms with Crippen LogP contribution in [0.5, 0.6) is 0 Å². The van der Waals surface area contributed by atoms with Gasteiger partial charge in [-0.1, -0.05) is 99.1 Å². The Morgan fingerprint density at radius 1 is 0.879 bits per heavy atom. The molecule has 0 amide bonds. The van der Waals surface area contributed by atoms with E-state index in [2.05, 4.69) is 50.3 Å². The molecule has 0 bridgehead atoms. The van der Waals surface area contributed by atoms with Crippen LogP contribution in [0, 0.1) is 21.8 Å². The van der Waals surface area contributed by atoms with Gasteiger partial charge >= 0.3 is 0 Å². The minimum Gasteiger partial charge on any atom is -0.512 e. The van der Waals surface area contributed by atoms with E-state index in [1.807, 2.05) is 42.5 Å². The minimum atomic E-state index is -0.178. The Morgan fingerprint density at radius 2 is 1.52 bits per heavy atom. The number of hydrogen-bond donors (Lipinski definition) is 1. The van der Waals surface area contributed by atoms with Crippen molar-refractivity contribution in [3.8, 4) is 0 Å². The third kappa shape index (κ3) is 3.82. The van der Waals surface area contributed by atoms with Crippen molar-refractivity contribution in [1.82, 2.24) is 0 Å². The lowest BCUT2D eigenvalue weighted by molar-refractivity contribution is -0.135. The first-order valence-corrected chi connectivity index (χ1v) is 12.2. The van der Waals surface area contributed by atoms with Gasteiger partial charge in [0.15, 0.2) is 0 Å². The van der Waals surface area contributed by atoms with Crippen LogP contribution in [0.25, 0.3) is 11.8 Å². The third-order valence-electron chi connectivity index (χ3n) is 7.84. The second kappa shape index (κ2) is 8.67. The molecule has 0 aromatic heterocycles. The van der Waals surface area contributed by atoms with E-state index in [9.17, 15) is 9.90 Å². The first-order valence-electron chi connectivity index (χ1n) is 12.2. The summed E-state index contributed by atoms with van der Waals surface area (Å²) < 4.78 is 0. The fraction of sp³-hybridized carbons (Fsp3) is 0.323. The molecular weight excluding hydrogens is 404 g/mol. The number of Topliss-reactive ketones (excluding diaryl/α,β-unsaturated/α-hetero) is 1. The molecule has 3 aliphatic carbocycles. The van der Waals surface area contributed by atoms with Crippen molar-refractivity contribution in [1.29, 1.82) is 0 Å². The number of fused-ring (bicyclic) bond motifs is 4. The van der Waals surface area contributed by atoms with Gasteiger partial charge in [0, 0.05) is 23.0 Å². The molecule has 0 spiro atoms. The second-order valence-corrected chi connectivity index (χ2v) is 10.1. The Hall–Kier alpha value is -3.13. The number of hydrogen-bond acceptors (Lipinski definition) is 2. The predicted octanol–water partition coefficient (Wildman–Crippen LogP) is 5.55. The molecule has 1 N–H and O–H groups in total. The summed E-state index contributed by atoms with van der Waals surface area (Å²) >= 11 is 0. The molecule has 2 atom stereocenters. The van der Waals surface area contributed by atoms with Gasteiger partial charge in [0.1, 0.15) is 11.5 Å². The second-order valence-electron chi connectivity index (χ2n) is 10.1. The van der Waals surface area contributed by atoms with Crippen LogP contribution < -0.4 is 10.4 Å². The minimum absolute atomic E-state index is 0.102. The van der Waals surface area contributed by atoms with Crippen LogP contribution in [-0.2, 0) is 11.2 Å². The van der Waals surface area contributed by atoms with Crippen molar-refractivity contribution in [2.24, 2.45) is 11.3 Å². The van der Waals surface area contributed by atoms with Gasteiger partial charge in [0.05, 0.1) is 0 Å². The van der Waals surface area contributed by atoms with Crippen molar-refractivity contribution < 1.29 is 9.90 Å².